The maximum absolute atomic E-state index is 12.9. The predicted octanol–water partition coefficient (Wildman–Crippen LogP) is 1.54. The largest absolute Gasteiger partial charge is 0.393 e. The lowest BCUT2D eigenvalue weighted by atomic mass is 10.0. The van der Waals surface area contributed by atoms with Crippen LogP contribution in [-0.2, 0) is 0 Å². The van der Waals surface area contributed by atoms with E-state index in [1.165, 1.54) is 35.3 Å². The molecule has 2 N–H and O–H groups in total. The van der Waals surface area contributed by atoms with Gasteiger partial charge in [-0.05, 0) is 43.5 Å². The summed E-state index contributed by atoms with van der Waals surface area (Å²) in [6.45, 7) is 4.11. The molecule has 0 bridgehead atoms. The minimum Gasteiger partial charge on any atom is -0.393 e. The van der Waals surface area contributed by atoms with Crippen molar-refractivity contribution in [3.05, 3.63) is 42.0 Å². The lowest BCUT2D eigenvalue weighted by Gasteiger charge is -2.13. The van der Waals surface area contributed by atoms with Gasteiger partial charge in [0.1, 0.15) is 5.82 Å². The molecule has 2 unspecified atom stereocenters. The summed E-state index contributed by atoms with van der Waals surface area (Å²) in [5, 5.41) is 20.1. The summed E-state index contributed by atoms with van der Waals surface area (Å²) in [4.78, 5) is 13.3. The van der Waals surface area contributed by atoms with Crippen molar-refractivity contribution >= 4 is 5.91 Å². The summed E-state index contributed by atoms with van der Waals surface area (Å²) < 4.78 is 12.9. The number of aromatic nitrogens is 3. The molecule has 0 fully saturated rings. The first-order valence-electron chi connectivity index (χ1n) is 7.10. The van der Waals surface area contributed by atoms with Crippen LogP contribution in [0.3, 0.4) is 0 Å². The number of aliphatic hydroxyl groups is 1. The molecule has 1 heterocycles. The van der Waals surface area contributed by atoms with Gasteiger partial charge in [0.25, 0.3) is 5.91 Å². The second-order valence-electron chi connectivity index (χ2n) is 5.40. The van der Waals surface area contributed by atoms with E-state index in [9.17, 15) is 14.3 Å². The first-order valence-corrected chi connectivity index (χ1v) is 7.10. The van der Waals surface area contributed by atoms with Gasteiger partial charge in [-0.3, -0.25) is 4.79 Å². The Labute approximate surface area is 128 Å². The molecule has 22 heavy (non-hydrogen) atoms. The quantitative estimate of drug-likeness (QED) is 0.848. The van der Waals surface area contributed by atoms with Gasteiger partial charge < -0.3 is 10.4 Å². The molecule has 1 aromatic carbocycles. The second-order valence-corrected chi connectivity index (χ2v) is 5.40. The van der Waals surface area contributed by atoms with Crippen molar-refractivity contribution in [3.63, 3.8) is 0 Å². The van der Waals surface area contributed by atoms with Gasteiger partial charge in [-0.25, -0.2) is 4.39 Å². The number of hydrogen-bond donors (Lipinski definition) is 2. The number of nitrogens with zero attached hydrogens (tertiary/aromatic N) is 3. The van der Waals surface area contributed by atoms with E-state index in [-0.39, 0.29) is 23.3 Å². The molecule has 1 amide bonds. The van der Waals surface area contributed by atoms with Crippen LogP contribution in [0.2, 0.25) is 0 Å². The highest BCUT2D eigenvalue weighted by atomic mass is 19.1. The average molecular weight is 306 g/mol. The Morgan fingerprint density at radius 3 is 2.68 bits per heavy atom. The van der Waals surface area contributed by atoms with E-state index in [0.29, 0.717) is 18.7 Å². The van der Waals surface area contributed by atoms with Crippen LogP contribution in [-0.4, -0.2) is 38.7 Å². The van der Waals surface area contributed by atoms with E-state index in [4.69, 9.17) is 0 Å². The van der Waals surface area contributed by atoms with E-state index in [1.54, 1.807) is 6.92 Å². The summed E-state index contributed by atoms with van der Waals surface area (Å²) in [6.07, 6.45) is 1.58. The molecule has 0 radical (unpaired) electrons. The Hall–Kier alpha value is -2.28. The third-order valence-corrected chi connectivity index (χ3v) is 3.14. The Morgan fingerprint density at radius 1 is 1.36 bits per heavy atom. The van der Waals surface area contributed by atoms with E-state index in [2.05, 4.69) is 15.5 Å². The highest BCUT2D eigenvalue weighted by Crippen LogP contribution is 2.07. The molecule has 0 saturated carbocycles. The van der Waals surface area contributed by atoms with Gasteiger partial charge in [0.15, 0.2) is 5.69 Å². The van der Waals surface area contributed by atoms with Crippen LogP contribution < -0.4 is 5.32 Å². The number of aliphatic hydroxyl groups excluding tert-OH is 1. The van der Waals surface area contributed by atoms with Crippen LogP contribution >= 0.6 is 0 Å². The summed E-state index contributed by atoms with van der Waals surface area (Å²) in [5.74, 6) is -0.511. The van der Waals surface area contributed by atoms with Crippen LogP contribution in [0.15, 0.2) is 30.5 Å². The monoisotopic (exact) mass is 306 g/mol. The van der Waals surface area contributed by atoms with E-state index in [1.807, 2.05) is 6.92 Å². The Kier molecular flexibility index (Phi) is 5.21. The zero-order chi connectivity index (χ0) is 16.1. The molecule has 0 aliphatic heterocycles. The molecule has 2 aromatic rings. The van der Waals surface area contributed by atoms with Crippen molar-refractivity contribution in [1.82, 2.24) is 20.3 Å². The highest BCUT2D eigenvalue weighted by Gasteiger charge is 2.13. The highest BCUT2D eigenvalue weighted by molar-refractivity contribution is 5.91. The first-order chi connectivity index (χ1) is 10.5. The molecule has 6 nitrogen and oxygen atoms in total. The number of halogens is 1. The van der Waals surface area contributed by atoms with Gasteiger partial charge in [0.2, 0.25) is 0 Å². The third-order valence-electron chi connectivity index (χ3n) is 3.14. The number of benzene rings is 1. The molecule has 0 aliphatic carbocycles. The average Bonchev–Trinajstić information content (AvgIpc) is 2.94. The molecule has 2 atom stereocenters. The van der Waals surface area contributed by atoms with Crippen LogP contribution in [0.4, 0.5) is 4.39 Å². The summed E-state index contributed by atoms with van der Waals surface area (Å²) in [6, 6.07) is 5.66. The Morgan fingerprint density at radius 2 is 2.05 bits per heavy atom. The first kappa shape index (κ1) is 16.1. The van der Waals surface area contributed by atoms with E-state index < -0.39 is 6.10 Å². The number of carbonyl (C=O) groups is 1. The van der Waals surface area contributed by atoms with Crippen LogP contribution in [0.25, 0.3) is 5.69 Å². The minimum absolute atomic E-state index is 0.163. The predicted molar refractivity (Wildman–Crippen MR) is 79.1 cm³/mol. The van der Waals surface area contributed by atoms with E-state index >= 15 is 0 Å². The van der Waals surface area contributed by atoms with Crippen molar-refractivity contribution in [2.75, 3.05) is 6.54 Å². The molecular weight excluding hydrogens is 287 g/mol. The summed E-state index contributed by atoms with van der Waals surface area (Å²) >= 11 is 0. The van der Waals surface area contributed by atoms with Gasteiger partial charge in [-0.1, -0.05) is 6.92 Å². The number of nitrogens with one attached hydrogen (secondary N) is 1. The van der Waals surface area contributed by atoms with Crippen molar-refractivity contribution < 1.29 is 14.3 Å². The molecule has 1 aromatic heterocycles. The standard InChI is InChI=1S/C15H19FN4O2/c1-10(7-11(2)21)8-17-15(22)14-9-18-20(19-14)13-5-3-12(16)4-6-13/h3-6,9-11,21H,7-8H2,1-2H3,(H,17,22). The summed E-state index contributed by atoms with van der Waals surface area (Å²) in [5.41, 5.74) is 0.761. The molecular formula is C15H19FN4O2. The van der Waals surface area contributed by atoms with Gasteiger partial charge in [-0.2, -0.15) is 9.90 Å². The summed E-state index contributed by atoms with van der Waals surface area (Å²) in [7, 11) is 0. The second kappa shape index (κ2) is 7.13. The lowest BCUT2D eigenvalue weighted by Crippen LogP contribution is -2.29. The topological polar surface area (TPSA) is 80.0 Å². The molecule has 0 saturated heterocycles. The van der Waals surface area contributed by atoms with Crippen LogP contribution in [0.5, 0.6) is 0 Å². The van der Waals surface area contributed by atoms with Crippen molar-refractivity contribution in [3.8, 4) is 5.69 Å². The number of hydrogen-bond acceptors (Lipinski definition) is 4. The number of rotatable bonds is 6. The molecule has 2 rings (SSSR count). The lowest BCUT2D eigenvalue weighted by molar-refractivity contribution is 0.0934. The fourth-order valence-electron chi connectivity index (χ4n) is 2.09. The maximum Gasteiger partial charge on any atom is 0.273 e. The Balaban J connectivity index is 1.96. The van der Waals surface area contributed by atoms with Crippen molar-refractivity contribution in [2.24, 2.45) is 5.92 Å². The fourth-order valence-corrected chi connectivity index (χ4v) is 2.09. The number of carbonyl (C=O) groups excluding carboxylic acids is 1. The Bertz CT molecular complexity index is 625. The van der Waals surface area contributed by atoms with Gasteiger partial charge >= 0.3 is 0 Å². The zero-order valence-corrected chi connectivity index (χ0v) is 12.5. The van der Waals surface area contributed by atoms with Gasteiger partial charge in [0, 0.05) is 6.54 Å². The third kappa shape index (κ3) is 4.36. The molecule has 0 aliphatic rings. The van der Waals surface area contributed by atoms with Gasteiger partial charge in [-0.15, -0.1) is 5.10 Å². The van der Waals surface area contributed by atoms with Crippen LogP contribution in [0.1, 0.15) is 30.8 Å². The van der Waals surface area contributed by atoms with E-state index in [0.717, 1.165) is 0 Å². The van der Waals surface area contributed by atoms with Crippen molar-refractivity contribution in [2.45, 2.75) is 26.4 Å². The fraction of sp³-hybridized carbons (Fsp3) is 0.400. The SMILES string of the molecule is CC(O)CC(C)CNC(=O)c1cnn(-c2ccc(F)cc2)n1. The number of amides is 1. The molecule has 7 heteroatoms. The van der Waals surface area contributed by atoms with Crippen molar-refractivity contribution in [1.29, 1.82) is 0 Å². The van der Waals surface area contributed by atoms with Crippen LogP contribution in [0, 0.1) is 11.7 Å². The molecule has 0 spiro atoms. The molecule has 118 valence electrons. The minimum atomic E-state index is -0.397. The smallest absolute Gasteiger partial charge is 0.273 e. The maximum atomic E-state index is 12.9. The normalized spacial score (nSPS) is 13.6. The van der Waals surface area contributed by atoms with Gasteiger partial charge in [0.05, 0.1) is 18.0 Å². The zero-order valence-electron chi connectivity index (χ0n) is 12.5.